The summed E-state index contributed by atoms with van der Waals surface area (Å²) in [6.45, 7) is 4.61. The van der Waals surface area contributed by atoms with E-state index in [4.69, 9.17) is 9.05 Å². The van der Waals surface area contributed by atoms with Gasteiger partial charge < -0.3 is 19.8 Å². The lowest BCUT2D eigenvalue weighted by molar-refractivity contribution is -0.870. The van der Waals surface area contributed by atoms with Gasteiger partial charge in [0.15, 0.2) is 0 Å². The first-order valence-electron chi connectivity index (χ1n) is 18.0. The Morgan fingerprint density at radius 1 is 0.739 bits per heavy atom. The molecular weight excluding hydrogens is 599 g/mol. The summed E-state index contributed by atoms with van der Waals surface area (Å²) in [7, 11) is 1.53. The van der Waals surface area contributed by atoms with Gasteiger partial charge in [-0.25, -0.2) is 4.57 Å². The Bertz CT molecular complexity index is 897. The Balaban J connectivity index is 4.44. The van der Waals surface area contributed by atoms with Crippen LogP contribution in [0.1, 0.15) is 129 Å². The van der Waals surface area contributed by atoms with Crippen molar-refractivity contribution in [2.24, 2.45) is 0 Å². The van der Waals surface area contributed by atoms with E-state index in [-0.39, 0.29) is 19.1 Å². The van der Waals surface area contributed by atoms with E-state index in [9.17, 15) is 19.4 Å². The van der Waals surface area contributed by atoms with Crippen LogP contribution in [-0.4, -0.2) is 73.4 Å². The third kappa shape index (κ3) is 31.1. The zero-order chi connectivity index (χ0) is 34.4. The number of aliphatic hydroxyl groups is 1. The van der Waals surface area contributed by atoms with Crippen molar-refractivity contribution in [2.45, 2.75) is 142 Å². The fraction of sp³-hybridized carbons (Fsp3) is 0.757. The molecule has 0 aliphatic rings. The number of nitrogens with zero attached hydrogens (tertiary/aromatic N) is 1. The number of nitrogens with one attached hydrogen (secondary N) is 1. The number of likely N-dealkylation sites (N-methyl/N-ethyl adjacent to an activating group) is 1. The molecule has 3 N–H and O–H groups in total. The summed E-state index contributed by atoms with van der Waals surface area (Å²) in [6.07, 6.45) is 34.8. The van der Waals surface area contributed by atoms with E-state index in [2.05, 4.69) is 55.6 Å². The largest absolute Gasteiger partial charge is 0.472 e. The number of hydrogen-bond acceptors (Lipinski definition) is 5. The third-order valence-corrected chi connectivity index (χ3v) is 8.49. The molecule has 1 amide bonds. The highest BCUT2D eigenvalue weighted by Gasteiger charge is 2.27. The molecule has 0 aliphatic heterocycles. The zero-order valence-electron chi connectivity index (χ0n) is 30.0. The fourth-order valence-electron chi connectivity index (χ4n) is 4.56. The van der Waals surface area contributed by atoms with Crippen LogP contribution in [0.3, 0.4) is 0 Å². The number of quaternary nitrogens is 1. The maximum atomic E-state index is 12.7. The summed E-state index contributed by atoms with van der Waals surface area (Å²) in [5.41, 5.74) is 0. The first kappa shape index (κ1) is 44.5. The smallest absolute Gasteiger partial charge is 0.387 e. The molecule has 0 aromatic heterocycles. The van der Waals surface area contributed by atoms with Crippen molar-refractivity contribution >= 4 is 13.7 Å². The second-order valence-electron chi connectivity index (χ2n) is 13.2. The summed E-state index contributed by atoms with van der Waals surface area (Å²) in [6, 6.07) is -0.863. The van der Waals surface area contributed by atoms with Crippen LogP contribution in [0.15, 0.2) is 48.6 Å². The summed E-state index contributed by atoms with van der Waals surface area (Å²) >= 11 is 0. The van der Waals surface area contributed by atoms with Gasteiger partial charge in [-0.1, -0.05) is 114 Å². The summed E-state index contributed by atoms with van der Waals surface area (Å²) in [4.78, 5) is 22.9. The highest BCUT2D eigenvalue weighted by Crippen LogP contribution is 2.43. The highest BCUT2D eigenvalue weighted by molar-refractivity contribution is 7.47. The number of carbonyl (C=O) groups is 1. The van der Waals surface area contributed by atoms with Gasteiger partial charge in [0.2, 0.25) is 5.91 Å². The molecule has 8 nitrogen and oxygen atoms in total. The van der Waals surface area contributed by atoms with E-state index < -0.39 is 20.0 Å². The quantitative estimate of drug-likeness (QED) is 0.0295. The Hall–Kier alpha value is -1.54. The highest BCUT2D eigenvalue weighted by atomic mass is 31.2. The van der Waals surface area contributed by atoms with Crippen molar-refractivity contribution in [3.8, 4) is 0 Å². The molecule has 46 heavy (non-hydrogen) atoms. The van der Waals surface area contributed by atoms with Crippen LogP contribution in [0.2, 0.25) is 0 Å². The topological polar surface area (TPSA) is 105 Å². The Morgan fingerprint density at radius 2 is 1.30 bits per heavy atom. The van der Waals surface area contributed by atoms with Crippen LogP contribution in [-0.2, 0) is 18.4 Å². The van der Waals surface area contributed by atoms with Crippen LogP contribution in [0, 0.1) is 0 Å². The van der Waals surface area contributed by atoms with Crippen LogP contribution >= 0.6 is 7.82 Å². The lowest BCUT2D eigenvalue weighted by Gasteiger charge is -2.25. The van der Waals surface area contributed by atoms with E-state index in [1.54, 1.807) is 6.08 Å². The molecule has 0 saturated carbocycles. The lowest BCUT2D eigenvalue weighted by atomic mass is 10.1. The predicted octanol–water partition coefficient (Wildman–Crippen LogP) is 8.96. The molecule has 0 bridgehead atoms. The SMILES string of the molecule is CCC/C=C/CC/C=C/C(O)C(COP(=O)(O)OCC[N+](C)(C)C)NC(=O)CCCCCCCCC/C=C\C/C=C\CCCCC. The molecule has 9 heteroatoms. The van der Waals surface area contributed by atoms with Gasteiger partial charge in [0.1, 0.15) is 13.2 Å². The molecule has 0 radical (unpaired) electrons. The minimum absolute atomic E-state index is 0.0521. The predicted molar refractivity (Wildman–Crippen MR) is 194 cm³/mol. The molecule has 0 heterocycles. The number of phosphoric ester groups is 1. The van der Waals surface area contributed by atoms with Crippen molar-refractivity contribution in [1.29, 1.82) is 0 Å². The average molecular weight is 670 g/mol. The Labute approximate surface area is 282 Å². The molecule has 0 aliphatic carbocycles. The van der Waals surface area contributed by atoms with Crippen LogP contribution in [0.5, 0.6) is 0 Å². The van der Waals surface area contributed by atoms with Gasteiger partial charge in [-0.15, -0.1) is 0 Å². The number of rotatable bonds is 31. The number of allylic oxidation sites excluding steroid dienone is 7. The third-order valence-electron chi connectivity index (χ3n) is 7.50. The fourth-order valence-corrected chi connectivity index (χ4v) is 5.30. The first-order chi connectivity index (χ1) is 22.0. The minimum Gasteiger partial charge on any atom is -0.387 e. The second-order valence-corrected chi connectivity index (χ2v) is 14.7. The van der Waals surface area contributed by atoms with Gasteiger partial charge in [-0.3, -0.25) is 13.8 Å². The van der Waals surface area contributed by atoms with Gasteiger partial charge >= 0.3 is 7.82 Å². The Kier molecular flexibility index (Phi) is 28.6. The first-order valence-corrected chi connectivity index (χ1v) is 19.5. The van der Waals surface area contributed by atoms with E-state index in [1.165, 1.54) is 51.4 Å². The number of aliphatic hydroxyl groups excluding tert-OH is 1. The van der Waals surface area contributed by atoms with Crippen LogP contribution in [0.25, 0.3) is 0 Å². The number of hydrogen-bond donors (Lipinski definition) is 3. The van der Waals surface area contributed by atoms with E-state index in [0.29, 0.717) is 17.4 Å². The number of amides is 1. The molecule has 0 aromatic carbocycles. The lowest BCUT2D eigenvalue weighted by Crippen LogP contribution is -2.45. The summed E-state index contributed by atoms with van der Waals surface area (Å²) < 4.78 is 23.3. The maximum Gasteiger partial charge on any atom is 0.472 e. The molecule has 0 spiro atoms. The zero-order valence-corrected chi connectivity index (χ0v) is 30.9. The minimum atomic E-state index is -4.33. The number of phosphoric acid groups is 1. The van der Waals surface area contributed by atoms with Gasteiger partial charge in [0.05, 0.1) is 39.9 Å². The van der Waals surface area contributed by atoms with E-state index in [0.717, 1.165) is 57.8 Å². The second kappa shape index (κ2) is 29.6. The maximum absolute atomic E-state index is 12.7. The van der Waals surface area contributed by atoms with Crippen molar-refractivity contribution < 1.29 is 32.9 Å². The molecule has 3 unspecified atom stereocenters. The summed E-state index contributed by atoms with van der Waals surface area (Å²) in [5.74, 6) is -0.204. The number of carbonyl (C=O) groups excluding carboxylic acids is 1. The van der Waals surface area contributed by atoms with Gasteiger partial charge in [-0.05, 0) is 57.8 Å². The van der Waals surface area contributed by atoms with Crippen LogP contribution in [0.4, 0.5) is 0 Å². The van der Waals surface area contributed by atoms with Crippen molar-refractivity contribution in [3.63, 3.8) is 0 Å². The van der Waals surface area contributed by atoms with Gasteiger partial charge in [0.25, 0.3) is 0 Å². The molecular formula is C37H70N2O6P+. The monoisotopic (exact) mass is 669 g/mol. The molecule has 0 aromatic rings. The van der Waals surface area contributed by atoms with Crippen molar-refractivity contribution in [3.05, 3.63) is 48.6 Å². The molecule has 0 rings (SSSR count). The van der Waals surface area contributed by atoms with E-state index in [1.807, 2.05) is 27.2 Å². The van der Waals surface area contributed by atoms with Crippen molar-refractivity contribution in [1.82, 2.24) is 5.32 Å². The Morgan fingerprint density at radius 3 is 1.93 bits per heavy atom. The number of unbranched alkanes of at least 4 members (excludes halogenated alkanes) is 12. The average Bonchev–Trinajstić information content (AvgIpc) is 2.99. The van der Waals surface area contributed by atoms with Gasteiger partial charge in [0, 0.05) is 6.42 Å². The molecule has 3 atom stereocenters. The summed E-state index contributed by atoms with van der Waals surface area (Å²) in [5, 5.41) is 13.6. The standard InChI is InChI=1S/C37H69N2O6P/c1-6-8-10-12-14-15-16-17-18-19-20-21-22-23-25-27-29-31-37(41)38-35(36(40)30-28-26-24-13-11-9-7-2)34-45-46(42,43)44-33-32-39(3,4)5/h11,13-15,17-18,28,30,35-36,40H,6-10,12,16,19-27,29,31-34H2,1-5H3,(H-,38,41,42,43)/p+1/b13-11+,15-14-,18-17-,30-28+. The van der Waals surface area contributed by atoms with Gasteiger partial charge in [-0.2, -0.15) is 0 Å². The molecule has 0 fully saturated rings. The normalized spacial score (nSPS) is 15.4. The molecule has 0 saturated heterocycles. The molecule has 268 valence electrons. The van der Waals surface area contributed by atoms with E-state index >= 15 is 0 Å². The van der Waals surface area contributed by atoms with Crippen molar-refractivity contribution in [2.75, 3.05) is 40.9 Å². The van der Waals surface area contributed by atoms with Crippen LogP contribution < -0.4 is 5.32 Å².